The van der Waals surface area contributed by atoms with Gasteiger partial charge in [0, 0.05) is 6.92 Å². The Balaban J connectivity index is 2.16. The Bertz CT molecular complexity index is 1090. The first-order valence-electron chi connectivity index (χ1n) is 8.54. The van der Waals surface area contributed by atoms with Gasteiger partial charge in [0.1, 0.15) is 0 Å². The largest absolute Gasteiger partial charge is 0.469 e. The van der Waals surface area contributed by atoms with Crippen LogP contribution in [-0.4, -0.2) is 39.5 Å². The number of esters is 1. The predicted octanol–water partition coefficient (Wildman–Crippen LogP) is 1.74. The standard InChI is InChI=1S/C18H19N5O4S/c1-4-11(21-20-10(2)24)16-13(9-15(25)27-3)22-23(17(16)26)18-19-12-7-5-6-8-14(12)28-18/h5-8,22H,4,9H2,1-3H3,(H,20,24). The van der Waals surface area contributed by atoms with Gasteiger partial charge < -0.3 is 4.74 Å². The molecule has 0 aliphatic rings. The SMILES string of the molecule is CCC(=NNC(C)=O)c1c(CC(=O)OC)[nH]n(-c2nc3ccccc3s2)c1=O. The number of aromatic nitrogens is 3. The van der Waals surface area contributed by atoms with Crippen molar-refractivity contribution in [1.29, 1.82) is 0 Å². The fourth-order valence-electron chi connectivity index (χ4n) is 2.67. The number of benzene rings is 1. The maximum absolute atomic E-state index is 13.1. The number of H-pyrrole nitrogens is 1. The number of hydrazone groups is 1. The third-order valence-electron chi connectivity index (χ3n) is 3.96. The molecule has 10 heteroatoms. The van der Waals surface area contributed by atoms with Gasteiger partial charge in [-0.25, -0.2) is 10.4 Å². The monoisotopic (exact) mass is 401 g/mol. The fourth-order valence-corrected chi connectivity index (χ4v) is 3.60. The van der Waals surface area contributed by atoms with Crippen LogP contribution in [0.1, 0.15) is 31.5 Å². The molecule has 0 fully saturated rings. The summed E-state index contributed by atoms with van der Waals surface area (Å²) >= 11 is 1.34. The Kier molecular flexibility index (Phi) is 5.69. The molecule has 3 rings (SSSR count). The van der Waals surface area contributed by atoms with Crippen molar-refractivity contribution in [1.82, 2.24) is 20.2 Å². The minimum Gasteiger partial charge on any atom is -0.469 e. The lowest BCUT2D eigenvalue weighted by molar-refractivity contribution is -0.139. The Morgan fingerprint density at radius 3 is 2.75 bits per heavy atom. The Hall–Kier alpha value is -3.27. The number of hydrogen-bond acceptors (Lipinski definition) is 7. The van der Waals surface area contributed by atoms with Crippen LogP contribution in [0.4, 0.5) is 0 Å². The van der Waals surface area contributed by atoms with Crippen molar-refractivity contribution in [2.24, 2.45) is 5.10 Å². The number of aromatic amines is 1. The van der Waals surface area contributed by atoms with E-state index < -0.39 is 11.5 Å². The number of fused-ring (bicyclic) bond motifs is 1. The highest BCUT2D eigenvalue weighted by Gasteiger charge is 2.23. The molecule has 0 atom stereocenters. The molecule has 1 aromatic carbocycles. The van der Waals surface area contributed by atoms with Gasteiger partial charge in [-0.2, -0.15) is 9.78 Å². The predicted molar refractivity (Wildman–Crippen MR) is 106 cm³/mol. The molecule has 2 heterocycles. The maximum atomic E-state index is 13.1. The zero-order valence-electron chi connectivity index (χ0n) is 15.6. The van der Waals surface area contributed by atoms with Crippen LogP contribution in [-0.2, 0) is 20.7 Å². The number of amides is 1. The average molecular weight is 401 g/mol. The summed E-state index contributed by atoms with van der Waals surface area (Å²) in [6, 6.07) is 7.53. The highest BCUT2D eigenvalue weighted by Crippen LogP contribution is 2.24. The smallest absolute Gasteiger partial charge is 0.311 e. The van der Waals surface area contributed by atoms with E-state index in [2.05, 4.69) is 20.6 Å². The first kappa shape index (κ1) is 19.5. The van der Waals surface area contributed by atoms with E-state index >= 15 is 0 Å². The second kappa shape index (κ2) is 8.17. The van der Waals surface area contributed by atoms with Crippen LogP contribution in [0.15, 0.2) is 34.2 Å². The minimum atomic E-state index is -0.506. The second-order valence-electron chi connectivity index (χ2n) is 5.90. The lowest BCUT2D eigenvalue weighted by Gasteiger charge is -2.03. The normalized spacial score (nSPS) is 11.6. The number of carbonyl (C=O) groups excluding carboxylic acids is 2. The van der Waals surface area contributed by atoms with Crippen molar-refractivity contribution in [3.8, 4) is 5.13 Å². The summed E-state index contributed by atoms with van der Waals surface area (Å²) in [4.78, 5) is 40.7. The van der Waals surface area contributed by atoms with Gasteiger partial charge in [0.2, 0.25) is 11.0 Å². The summed E-state index contributed by atoms with van der Waals surface area (Å²) in [6.45, 7) is 3.12. The molecule has 9 nitrogen and oxygen atoms in total. The van der Waals surface area contributed by atoms with E-state index in [1.54, 1.807) is 6.92 Å². The molecule has 28 heavy (non-hydrogen) atoms. The van der Waals surface area contributed by atoms with Crippen LogP contribution in [0.3, 0.4) is 0 Å². The Labute approximate surface area is 164 Å². The van der Waals surface area contributed by atoms with E-state index in [1.165, 1.54) is 30.1 Å². The summed E-state index contributed by atoms with van der Waals surface area (Å²) in [5.41, 5.74) is 3.64. The maximum Gasteiger partial charge on any atom is 0.311 e. The highest BCUT2D eigenvalue weighted by molar-refractivity contribution is 7.20. The van der Waals surface area contributed by atoms with E-state index in [0.717, 1.165) is 10.2 Å². The first-order chi connectivity index (χ1) is 13.4. The van der Waals surface area contributed by atoms with Crippen molar-refractivity contribution >= 4 is 39.1 Å². The summed E-state index contributed by atoms with van der Waals surface area (Å²) in [5, 5.41) is 7.43. The van der Waals surface area contributed by atoms with Crippen LogP contribution in [0.5, 0.6) is 0 Å². The van der Waals surface area contributed by atoms with E-state index in [-0.39, 0.29) is 17.9 Å². The van der Waals surface area contributed by atoms with Crippen LogP contribution in [0, 0.1) is 0 Å². The number of hydrogen-bond donors (Lipinski definition) is 2. The average Bonchev–Trinajstić information content (AvgIpc) is 3.24. The molecule has 2 N–H and O–H groups in total. The zero-order valence-corrected chi connectivity index (χ0v) is 16.4. The fraction of sp³-hybridized carbons (Fsp3) is 0.278. The van der Waals surface area contributed by atoms with Crippen LogP contribution < -0.4 is 11.0 Å². The lowest BCUT2D eigenvalue weighted by Crippen LogP contribution is -2.23. The zero-order chi connectivity index (χ0) is 20.3. The molecule has 3 aromatic rings. The minimum absolute atomic E-state index is 0.141. The first-order valence-corrected chi connectivity index (χ1v) is 9.36. The van der Waals surface area contributed by atoms with Crippen LogP contribution in [0.2, 0.25) is 0 Å². The van der Waals surface area contributed by atoms with Crippen LogP contribution >= 0.6 is 11.3 Å². The number of para-hydroxylation sites is 1. The molecule has 2 aromatic heterocycles. The quantitative estimate of drug-likeness (QED) is 0.370. The molecule has 146 valence electrons. The van der Waals surface area contributed by atoms with Crippen molar-refractivity contribution in [2.75, 3.05) is 7.11 Å². The van der Waals surface area contributed by atoms with E-state index in [1.807, 2.05) is 24.3 Å². The van der Waals surface area contributed by atoms with Gasteiger partial charge in [-0.3, -0.25) is 19.5 Å². The number of rotatable bonds is 6. The van der Waals surface area contributed by atoms with Crippen molar-refractivity contribution < 1.29 is 14.3 Å². The van der Waals surface area contributed by atoms with Crippen molar-refractivity contribution in [2.45, 2.75) is 26.7 Å². The molecule has 1 amide bonds. The number of thiazole rings is 1. The second-order valence-corrected chi connectivity index (χ2v) is 6.91. The van der Waals surface area contributed by atoms with Gasteiger partial charge >= 0.3 is 5.97 Å². The molecule has 0 aliphatic carbocycles. The number of nitrogens with one attached hydrogen (secondary N) is 2. The Morgan fingerprint density at radius 1 is 1.36 bits per heavy atom. The van der Waals surface area contributed by atoms with Crippen molar-refractivity contribution in [3.63, 3.8) is 0 Å². The third-order valence-corrected chi connectivity index (χ3v) is 4.98. The molecule has 0 radical (unpaired) electrons. The molecule has 0 saturated heterocycles. The van der Waals surface area contributed by atoms with Gasteiger partial charge in [0.15, 0.2) is 0 Å². The molecule has 0 saturated carbocycles. The van der Waals surface area contributed by atoms with Gasteiger partial charge in [-0.1, -0.05) is 30.4 Å². The summed E-state index contributed by atoms with van der Waals surface area (Å²) < 4.78 is 6.95. The highest BCUT2D eigenvalue weighted by atomic mass is 32.1. The molecular weight excluding hydrogens is 382 g/mol. The number of carbonyl (C=O) groups is 2. The summed E-state index contributed by atoms with van der Waals surface area (Å²) in [5.74, 6) is -0.864. The van der Waals surface area contributed by atoms with Gasteiger partial charge in [-0.05, 0) is 18.6 Å². The van der Waals surface area contributed by atoms with Gasteiger partial charge in [0.05, 0.1) is 40.7 Å². The lowest BCUT2D eigenvalue weighted by atomic mass is 10.1. The van der Waals surface area contributed by atoms with Crippen LogP contribution in [0.25, 0.3) is 15.3 Å². The molecule has 0 bridgehead atoms. The molecular formula is C18H19N5O4S. The summed E-state index contributed by atoms with van der Waals surface area (Å²) in [6.07, 6.45) is 0.236. The number of ether oxygens (including phenoxy) is 1. The van der Waals surface area contributed by atoms with E-state index in [4.69, 9.17) is 4.74 Å². The van der Waals surface area contributed by atoms with Gasteiger partial charge in [-0.15, -0.1) is 0 Å². The van der Waals surface area contributed by atoms with E-state index in [9.17, 15) is 14.4 Å². The molecule has 0 unspecified atom stereocenters. The molecule has 0 spiro atoms. The van der Waals surface area contributed by atoms with E-state index in [0.29, 0.717) is 23.0 Å². The van der Waals surface area contributed by atoms with Crippen molar-refractivity contribution in [3.05, 3.63) is 45.9 Å². The number of methoxy groups -OCH3 is 1. The number of nitrogens with zero attached hydrogens (tertiary/aromatic N) is 3. The Morgan fingerprint density at radius 2 is 2.11 bits per heavy atom. The van der Waals surface area contributed by atoms with Gasteiger partial charge in [0.25, 0.3) is 5.56 Å². The summed E-state index contributed by atoms with van der Waals surface area (Å²) in [7, 11) is 1.27. The topological polar surface area (TPSA) is 118 Å². The molecule has 0 aliphatic heterocycles. The third kappa shape index (κ3) is 3.86.